The lowest BCUT2D eigenvalue weighted by molar-refractivity contribution is -0.121. The fourth-order valence-corrected chi connectivity index (χ4v) is 4.78. The maximum atomic E-state index is 12.6. The van der Waals surface area contributed by atoms with Gasteiger partial charge in [-0.05, 0) is 24.3 Å². The molecule has 2 heterocycles. The van der Waals surface area contributed by atoms with Crippen LogP contribution < -0.4 is 19.3 Å². The highest BCUT2D eigenvalue weighted by molar-refractivity contribution is 6.29. The molecular formula is C33H22N2O6. The molecule has 41 heavy (non-hydrogen) atoms. The number of amides is 4. The second-order valence-corrected chi connectivity index (χ2v) is 9.18. The van der Waals surface area contributed by atoms with Crippen molar-refractivity contribution in [3.05, 3.63) is 145 Å². The molecule has 0 saturated heterocycles. The summed E-state index contributed by atoms with van der Waals surface area (Å²) in [5.41, 5.74) is 1.61. The van der Waals surface area contributed by atoms with E-state index in [4.69, 9.17) is 9.47 Å². The van der Waals surface area contributed by atoms with Crippen LogP contribution in [0.15, 0.2) is 133 Å². The van der Waals surface area contributed by atoms with Crippen LogP contribution in [0.4, 0.5) is 11.4 Å². The fourth-order valence-electron chi connectivity index (χ4n) is 4.78. The topological polar surface area (TPSA) is 93.2 Å². The van der Waals surface area contributed by atoms with Crippen LogP contribution in [0.1, 0.15) is 11.1 Å². The zero-order chi connectivity index (χ0) is 28.4. The number of imide groups is 2. The van der Waals surface area contributed by atoms with Gasteiger partial charge in [0.25, 0.3) is 23.6 Å². The standard InChI is InChI=1S/C33H22N2O6/c36-29-19-20-30(37)34(29)25-15-7-9-17-27(25)40-33(23-11-3-1-4-12-23,24-13-5-2-6-14-24)41-28-18-10-8-16-26(28)35-31(38)21-22-32(35)39/h1-22H. The molecule has 0 aliphatic carbocycles. The maximum absolute atomic E-state index is 12.6. The Labute approximate surface area is 235 Å². The highest BCUT2D eigenvalue weighted by Gasteiger charge is 2.43. The first-order valence-electron chi connectivity index (χ1n) is 12.8. The van der Waals surface area contributed by atoms with E-state index >= 15 is 0 Å². The molecule has 8 nitrogen and oxygen atoms in total. The maximum Gasteiger partial charge on any atom is 0.305 e. The Morgan fingerprint density at radius 1 is 0.415 bits per heavy atom. The van der Waals surface area contributed by atoms with Gasteiger partial charge in [-0.3, -0.25) is 19.2 Å². The Morgan fingerprint density at radius 2 is 0.732 bits per heavy atom. The molecule has 0 aromatic heterocycles. The quantitative estimate of drug-likeness (QED) is 0.232. The summed E-state index contributed by atoms with van der Waals surface area (Å²) in [5.74, 6) is -3.31. The van der Waals surface area contributed by atoms with Crippen molar-refractivity contribution >= 4 is 35.0 Å². The van der Waals surface area contributed by atoms with Crippen molar-refractivity contribution in [2.24, 2.45) is 0 Å². The Morgan fingerprint density at radius 3 is 1.10 bits per heavy atom. The van der Waals surface area contributed by atoms with E-state index in [2.05, 4.69) is 0 Å². The lowest BCUT2D eigenvalue weighted by Gasteiger charge is -2.37. The number of rotatable bonds is 8. The van der Waals surface area contributed by atoms with Crippen LogP contribution in [-0.4, -0.2) is 23.6 Å². The molecule has 0 saturated carbocycles. The van der Waals surface area contributed by atoms with Crippen LogP contribution in [0.5, 0.6) is 11.5 Å². The summed E-state index contributed by atoms with van der Waals surface area (Å²) < 4.78 is 13.6. The molecule has 0 N–H and O–H groups in total. The number of hydrogen-bond donors (Lipinski definition) is 0. The SMILES string of the molecule is O=C1C=CC(=O)N1c1ccccc1OC(Oc1ccccc1N1C(=O)C=CC1=O)(c1ccccc1)c1ccccc1. The molecule has 2 aliphatic rings. The van der Waals surface area contributed by atoms with Crippen molar-refractivity contribution in [2.45, 2.75) is 5.79 Å². The summed E-state index contributed by atoms with van der Waals surface area (Å²) in [5, 5.41) is 0. The number of benzene rings is 4. The average Bonchev–Trinajstić information content (AvgIpc) is 3.52. The molecule has 0 atom stereocenters. The van der Waals surface area contributed by atoms with Gasteiger partial charge >= 0.3 is 5.79 Å². The van der Waals surface area contributed by atoms with Gasteiger partial charge in [0.1, 0.15) is 11.5 Å². The monoisotopic (exact) mass is 542 g/mol. The van der Waals surface area contributed by atoms with Crippen LogP contribution >= 0.6 is 0 Å². The molecule has 0 bridgehead atoms. The highest BCUT2D eigenvalue weighted by Crippen LogP contribution is 2.43. The van der Waals surface area contributed by atoms with E-state index in [0.717, 1.165) is 9.80 Å². The van der Waals surface area contributed by atoms with Crippen LogP contribution in [0, 0.1) is 0 Å². The number of ether oxygens (including phenoxy) is 2. The molecule has 6 rings (SSSR count). The molecule has 0 radical (unpaired) electrons. The number of para-hydroxylation sites is 4. The van der Waals surface area contributed by atoms with Gasteiger partial charge in [0.2, 0.25) is 0 Å². The van der Waals surface area contributed by atoms with E-state index < -0.39 is 29.4 Å². The van der Waals surface area contributed by atoms with E-state index in [-0.39, 0.29) is 22.9 Å². The third-order valence-corrected chi connectivity index (χ3v) is 6.65. The minimum Gasteiger partial charge on any atom is -0.442 e. The van der Waals surface area contributed by atoms with E-state index in [1.165, 1.54) is 24.3 Å². The van der Waals surface area contributed by atoms with Crippen LogP contribution in [0.2, 0.25) is 0 Å². The third-order valence-electron chi connectivity index (χ3n) is 6.65. The second-order valence-electron chi connectivity index (χ2n) is 9.18. The summed E-state index contributed by atoms with van der Waals surface area (Å²) in [6.07, 6.45) is 4.80. The molecule has 4 aromatic rings. The molecule has 200 valence electrons. The molecule has 0 spiro atoms. The van der Waals surface area contributed by atoms with Crippen molar-refractivity contribution < 1.29 is 28.7 Å². The largest absolute Gasteiger partial charge is 0.442 e. The summed E-state index contributed by atoms with van der Waals surface area (Å²) >= 11 is 0. The number of anilines is 2. The van der Waals surface area contributed by atoms with Gasteiger partial charge in [0, 0.05) is 35.4 Å². The highest BCUT2D eigenvalue weighted by atomic mass is 16.7. The van der Waals surface area contributed by atoms with E-state index in [1.807, 2.05) is 60.7 Å². The molecule has 4 amide bonds. The van der Waals surface area contributed by atoms with Gasteiger partial charge in [0.05, 0.1) is 11.4 Å². The molecule has 0 fully saturated rings. The van der Waals surface area contributed by atoms with Gasteiger partial charge in [-0.2, -0.15) is 0 Å². The van der Waals surface area contributed by atoms with Crippen molar-refractivity contribution in [3.8, 4) is 11.5 Å². The number of nitrogens with zero attached hydrogens (tertiary/aromatic N) is 2. The normalized spacial score (nSPS) is 14.7. The Balaban J connectivity index is 1.56. The second kappa shape index (κ2) is 10.4. The minimum absolute atomic E-state index is 0.193. The van der Waals surface area contributed by atoms with Crippen molar-refractivity contribution in [3.63, 3.8) is 0 Å². The average molecular weight is 543 g/mol. The van der Waals surface area contributed by atoms with Crippen LogP contribution in [0.3, 0.4) is 0 Å². The molecular weight excluding hydrogens is 520 g/mol. The summed E-state index contributed by atoms with van der Waals surface area (Å²) in [7, 11) is 0. The summed E-state index contributed by atoms with van der Waals surface area (Å²) in [6, 6.07) is 31.6. The first-order chi connectivity index (χ1) is 20.0. The summed E-state index contributed by atoms with van der Waals surface area (Å²) in [6.45, 7) is 0. The minimum atomic E-state index is -1.70. The predicted octanol–water partition coefficient (Wildman–Crippen LogP) is 4.90. The molecule has 8 heteroatoms. The first-order valence-corrected chi connectivity index (χ1v) is 12.8. The molecule has 2 aliphatic heterocycles. The van der Waals surface area contributed by atoms with Crippen molar-refractivity contribution in [1.82, 2.24) is 0 Å². The van der Waals surface area contributed by atoms with Crippen LogP contribution in [0.25, 0.3) is 0 Å². The molecule has 0 unspecified atom stereocenters. The number of carbonyl (C=O) groups excluding carboxylic acids is 4. The van der Waals surface area contributed by atoms with Gasteiger partial charge in [-0.15, -0.1) is 0 Å². The zero-order valence-corrected chi connectivity index (χ0v) is 21.5. The lowest BCUT2D eigenvalue weighted by atomic mass is 9.96. The van der Waals surface area contributed by atoms with Crippen molar-refractivity contribution in [1.29, 1.82) is 0 Å². The zero-order valence-electron chi connectivity index (χ0n) is 21.5. The van der Waals surface area contributed by atoms with E-state index in [9.17, 15) is 19.2 Å². The Kier molecular flexibility index (Phi) is 6.49. The van der Waals surface area contributed by atoms with Crippen LogP contribution in [-0.2, 0) is 25.0 Å². The molecule has 4 aromatic carbocycles. The fraction of sp³-hybridized carbons (Fsp3) is 0.0303. The summed E-state index contributed by atoms with van der Waals surface area (Å²) in [4.78, 5) is 52.6. The Hall–Kier alpha value is -5.76. The third kappa shape index (κ3) is 4.57. The first kappa shape index (κ1) is 25.5. The predicted molar refractivity (Wildman–Crippen MR) is 151 cm³/mol. The van der Waals surface area contributed by atoms with Gasteiger partial charge < -0.3 is 9.47 Å². The lowest BCUT2D eigenvalue weighted by Crippen LogP contribution is -2.42. The number of hydrogen-bond acceptors (Lipinski definition) is 6. The smallest absolute Gasteiger partial charge is 0.305 e. The van der Waals surface area contributed by atoms with Crippen molar-refractivity contribution in [2.75, 3.05) is 9.80 Å². The Bertz CT molecular complexity index is 1560. The van der Waals surface area contributed by atoms with E-state index in [1.54, 1.807) is 48.5 Å². The van der Waals surface area contributed by atoms with E-state index in [0.29, 0.717) is 11.1 Å². The van der Waals surface area contributed by atoms with Gasteiger partial charge in [-0.1, -0.05) is 84.9 Å². The van der Waals surface area contributed by atoms with Gasteiger partial charge in [-0.25, -0.2) is 9.80 Å². The number of carbonyl (C=O) groups is 4. The van der Waals surface area contributed by atoms with Gasteiger partial charge in [0.15, 0.2) is 0 Å².